The second-order valence-corrected chi connectivity index (χ2v) is 9.42. The lowest BCUT2D eigenvalue weighted by Gasteiger charge is -2.34. The lowest BCUT2D eigenvalue weighted by Crippen LogP contribution is -2.50. The quantitative estimate of drug-likeness (QED) is 0.460. The second kappa shape index (κ2) is 9.95. The smallest absolute Gasteiger partial charge is 0.254 e. The van der Waals surface area contributed by atoms with Crippen LogP contribution in [0.15, 0.2) is 66.7 Å². The van der Waals surface area contributed by atoms with Gasteiger partial charge in [0.2, 0.25) is 5.91 Å². The van der Waals surface area contributed by atoms with E-state index in [0.717, 1.165) is 39.4 Å². The highest BCUT2D eigenvalue weighted by molar-refractivity contribution is 5.98. The normalized spacial score (nSPS) is 14.2. The van der Waals surface area contributed by atoms with Gasteiger partial charge in [0.15, 0.2) is 0 Å². The van der Waals surface area contributed by atoms with E-state index >= 15 is 0 Å². The maximum atomic E-state index is 13.2. The number of hydrogen-bond donors (Lipinski definition) is 1. The Bertz CT molecular complexity index is 1400. The molecule has 7 heteroatoms. The number of piperazine rings is 1. The SMILES string of the molecule is Cc1cccc(C)c1NC(=O)CN1CCN(C(=O)c2ccc3c(c2)nc(C)n3-c2ccccc2)CC1. The molecular weight excluding hydrogens is 450 g/mol. The van der Waals surface area contributed by atoms with Crippen molar-refractivity contribution in [1.82, 2.24) is 19.4 Å². The van der Waals surface area contributed by atoms with Crippen LogP contribution >= 0.6 is 0 Å². The van der Waals surface area contributed by atoms with Gasteiger partial charge in [0.05, 0.1) is 17.6 Å². The first-order valence-corrected chi connectivity index (χ1v) is 12.3. The zero-order valence-corrected chi connectivity index (χ0v) is 21.0. The molecule has 1 fully saturated rings. The van der Waals surface area contributed by atoms with Gasteiger partial charge >= 0.3 is 0 Å². The zero-order valence-electron chi connectivity index (χ0n) is 21.0. The number of rotatable bonds is 5. The highest BCUT2D eigenvalue weighted by Gasteiger charge is 2.24. The van der Waals surface area contributed by atoms with Crippen LogP contribution in [0.5, 0.6) is 0 Å². The maximum absolute atomic E-state index is 13.2. The molecule has 1 aliphatic rings. The zero-order chi connectivity index (χ0) is 25.2. The molecule has 0 radical (unpaired) electrons. The average molecular weight is 482 g/mol. The highest BCUT2D eigenvalue weighted by Crippen LogP contribution is 2.23. The molecule has 1 saturated heterocycles. The molecule has 4 aromatic rings. The third-order valence-corrected chi connectivity index (χ3v) is 6.86. The molecule has 5 rings (SSSR count). The third kappa shape index (κ3) is 4.75. The number of nitrogens with one attached hydrogen (secondary N) is 1. The molecule has 0 saturated carbocycles. The molecule has 1 N–H and O–H groups in total. The summed E-state index contributed by atoms with van der Waals surface area (Å²) in [6.45, 7) is 8.79. The van der Waals surface area contributed by atoms with Gasteiger partial charge in [-0.1, -0.05) is 36.4 Å². The fraction of sp³-hybridized carbons (Fsp3) is 0.276. The van der Waals surface area contributed by atoms with Crippen LogP contribution in [0.2, 0.25) is 0 Å². The Labute approximate surface area is 211 Å². The van der Waals surface area contributed by atoms with Gasteiger partial charge in [-0.3, -0.25) is 19.1 Å². The Morgan fingerprint density at radius 3 is 2.25 bits per heavy atom. The lowest BCUT2D eigenvalue weighted by atomic mass is 10.1. The van der Waals surface area contributed by atoms with Gasteiger partial charge in [-0.25, -0.2) is 4.98 Å². The van der Waals surface area contributed by atoms with Crippen molar-refractivity contribution in [2.45, 2.75) is 20.8 Å². The molecule has 0 unspecified atom stereocenters. The van der Waals surface area contributed by atoms with Crippen LogP contribution in [0, 0.1) is 20.8 Å². The van der Waals surface area contributed by atoms with Crippen LogP contribution in [0.3, 0.4) is 0 Å². The first-order valence-electron chi connectivity index (χ1n) is 12.3. The van der Waals surface area contributed by atoms with Crippen LogP contribution in [0.4, 0.5) is 5.69 Å². The van der Waals surface area contributed by atoms with Crippen LogP contribution < -0.4 is 5.32 Å². The van der Waals surface area contributed by atoms with Crippen LogP contribution in [0.25, 0.3) is 16.7 Å². The topological polar surface area (TPSA) is 70.5 Å². The summed E-state index contributed by atoms with van der Waals surface area (Å²) >= 11 is 0. The number of aromatic nitrogens is 2. The molecule has 1 aromatic heterocycles. The van der Waals surface area contributed by atoms with E-state index in [9.17, 15) is 9.59 Å². The van der Waals surface area contributed by atoms with Gasteiger partial charge in [-0.2, -0.15) is 0 Å². The van der Waals surface area contributed by atoms with Crippen LogP contribution in [0.1, 0.15) is 27.3 Å². The Kier molecular flexibility index (Phi) is 6.57. The van der Waals surface area contributed by atoms with Gasteiger partial charge < -0.3 is 10.2 Å². The minimum atomic E-state index is -0.0259. The third-order valence-electron chi connectivity index (χ3n) is 6.86. The predicted molar refractivity (Wildman–Crippen MR) is 143 cm³/mol. The minimum absolute atomic E-state index is 0.00320. The van der Waals surface area contributed by atoms with E-state index in [1.165, 1.54) is 0 Å². The van der Waals surface area contributed by atoms with Crippen molar-refractivity contribution >= 4 is 28.5 Å². The van der Waals surface area contributed by atoms with E-state index in [-0.39, 0.29) is 11.8 Å². The molecule has 3 aromatic carbocycles. The number of nitrogens with zero attached hydrogens (tertiary/aromatic N) is 4. The van der Waals surface area contributed by atoms with E-state index in [1.807, 2.05) is 80.3 Å². The van der Waals surface area contributed by atoms with Crippen molar-refractivity contribution in [3.63, 3.8) is 0 Å². The van der Waals surface area contributed by atoms with Gasteiger partial charge in [-0.05, 0) is 62.2 Å². The second-order valence-electron chi connectivity index (χ2n) is 9.42. The maximum Gasteiger partial charge on any atom is 0.254 e. The number of anilines is 1. The van der Waals surface area contributed by atoms with Crippen molar-refractivity contribution in [2.24, 2.45) is 0 Å². The van der Waals surface area contributed by atoms with Crippen molar-refractivity contribution in [3.05, 3.63) is 89.2 Å². The van der Waals surface area contributed by atoms with Crippen LogP contribution in [-0.2, 0) is 4.79 Å². The Balaban J connectivity index is 1.22. The minimum Gasteiger partial charge on any atom is -0.336 e. The number of fused-ring (bicyclic) bond motifs is 1. The van der Waals surface area contributed by atoms with Crippen LogP contribution in [-0.4, -0.2) is 63.9 Å². The summed E-state index contributed by atoms with van der Waals surface area (Å²) in [5.41, 5.74) is 6.48. The summed E-state index contributed by atoms with van der Waals surface area (Å²) in [5, 5.41) is 3.05. The fourth-order valence-electron chi connectivity index (χ4n) is 4.92. The first-order chi connectivity index (χ1) is 17.4. The first kappa shape index (κ1) is 23.8. The van der Waals surface area contributed by atoms with E-state index in [4.69, 9.17) is 4.98 Å². The van der Waals surface area contributed by atoms with Crippen molar-refractivity contribution in [3.8, 4) is 5.69 Å². The van der Waals surface area contributed by atoms with Crippen molar-refractivity contribution in [2.75, 3.05) is 38.0 Å². The summed E-state index contributed by atoms with van der Waals surface area (Å²) in [4.78, 5) is 34.5. The molecule has 184 valence electrons. The van der Waals surface area contributed by atoms with E-state index in [1.54, 1.807) is 0 Å². The standard InChI is InChI=1S/C29H31N5O2/c1-20-8-7-9-21(2)28(20)31-27(35)19-32-14-16-33(17-15-32)29(36)23-12-13-26-25(18-23)30-22(3)34(26)24-10-5-4-6-11-24/h4-13,18H,14-17,19H2,1-3H3,(H,31,35). The number of amides is 2. The number of aryl methyl sites for hydroxylation is 3. The summed E-state index contributed by atoms with van der Waals surface area (Å²) in [6.07, 6.45) is 0. The Morgan fingerprint density at radius 2 is 1.56 bits per heavy atom. The Morgan fingerprint density at radius 1 is 0.861 bits per heavy atom. The molecule has 0 spiro atoms. The lowest BCUT2D eigenvalue weighted by molar-refractivity contribution is -0.117. The van der Waals surface area contributed by atoms with Crippen molar-refractivity contribution < 1.29 is 9.59 Å². The fourth-order valence-corrected chi connectivity index (χ4v) is 4.92. The molecule has 0 bridgehead atoms. The van der Waals surface area contributed by atoms with Gasteiger partial charge in [-0.15, -0.1) is 0 Å². The van der Waals surface area contributed by atoms with E-state index in [0.29, 0.717) is 38.3 Å². The Hall–Kier alpha value is -3.97. The monoisotopic (exact) mass is 481 g/mol. The highest BCUT2D eigenvalue weighted by atomic mass is 16.2. The molecule has 36 heavy (non-hydrogen) atoms. The van der Waals surface area contributed by atoms with Gasteiger partial charge in [0.1, 0.15) is 5.82 Å². The van der Waals surface area contributed by atoms with E-state index < -0.39 is 0 Å². The summed E-state index contributed by atoms with van der Waals surface area (Å²) in [5.74, 6) is 0.860. The van der Waals surface area contributed by atoms with Gasteiger partial charge in [0, 0.05) is 43.1 Å². The number of imidazole rings is 1. The number of benzene rings is 3. The molecule has 0 atom stereocenters. The number of carbonyl (C=O) groups is 2. The molecule has 1 aliphatic heterocycles. The number of para-hydroxylation sites is 2. The number of carbonyl (C=O) groups excluding carboxylic acids is 2. The largest absolute Gasteiger partial charge is 0.336 e. The molecule has 2 amide bonds. The summed E-state index contributed by atoms with van der Waals surface area (Å²) in [6, 6.07) is 21.8. The predicted octanol–water partition coefficient (Wildman–Crippen LogP) is 4.35. The molecule has 7 nitrogen and oxygen atoms in total. The van der Waals surface area contributed by atoms with Crippen molar-refractivity contribution in [1.29, 1.82) is 0 Å². The van der Waals surface area contributed by atoms with E-state index in [2.05, 4.69) is 26.9 Å². The van der Waals surface area contributed by atoms with Gasteiger partial charge in [0.25, 0.3) is 5.91 Å². The summed E-state index contributed by atoms with van der Waals surface area (Å²) in [7, 11) is 0. The molecule has 0 aliphatic carbocycles. The number of hydrogen-bond acceptors (Lipinski definition) is 4. The molecule has 2 heterocycles. The average Bonchev–Trinajstić information content (AvgIpc) is 3.21. The molecular formula is C29H31N5O2. The summed E-state index contributed by atoms with van der Waals surface area (Å²) < 4.78 is 2.10.